The van der Waals surface area contributed by atoms with Crippen LogP contribution < -0.4 is 0 Å². The molecular weight excluding hydrogens is 422 g/mol. The number of para-hydroxylation sites is 2. The molecule has 1 N–H and O–H groups in total. The molecule has 1 aromatic heterocycles. The summed E-state index contributed by atoms with van der Waals surface area (Å²) in [7, 11) is -1.12. The lowest BCUT2D eigenvalue weighted by atomic mass is 9.81. The Hall–Kier alpha value is -1.95. The van der Waals surface area contributed by atoms with E-state index in [0.717, 1.165) is 36.5 Å². The number of piperidine rings is 1. The number of H-pyrrole nitrogens is 1. The van der Waals surface area contributed by atoms with Gasteiger partial charge in [0.15, 0.2) is 0 Å². The third-order valence-corrected chi connectivity index (χ3v) is 9.47. The van der Waals surface area contributed by atoms with Gasteiger partial charge < -0.3 is 9.72 Å². The summed E-state index contributed by atoms with van der Waals surface area (Å²) < 4.78 is 6.43. The summed E-state index contributed by atoms with van der Waals surface area (Å²) in [5.74, 6) is 1.08. The zero-order chi connectivity index (χ0) is 22.9. The Labute approximate surface area is 199 Å². The highest BCUT2D eigenvalue weighted by molar-refractivity contribution is 6.76. The highest BCUT2D eigenvalue weighted by Gasteiger charge is 2.52. The minimum atomic E-state index is -1.12. The molecule has 0 saturated carbocycles. The molecule has 3 atom stereocenters. The van der Waals surface area contributed by atoms with E-state index < -0.39 is 8.07 Å². The van der Waals surface area contributed by atoms with Crippen LogP contribution in [0, 0.1) is 0 Å². The average molecular weight is 462 g/mol. The summed E-state index contributed by atoms with van der Waals surface area (Å²) in [6.45, 7) is 8.85. The van der Waals surface area contributed by atoms with E-state index in [9.17, 15) is 0 Å². The number of hydrogen-bond acceptors (Lipinski definition) is 3. The summed E-state index contributed by atoms with van der Waals surface area (Å²) in [6, 6.07) is 21.5. The number of benzene rings is 2. The van der Waals surface area contributed by atoms with E-state index in [1.54, 1.807) is 0 Å². The van der Waals surface area contributed by atoms with Gasteiger partial charge in [-0.15, -0.1) is 0 Å². The molecule has 5 rings (SSSR count). The van der Waals surface area contributed by atoms with Crippen molar-refractivity contribution in [2.75, 3.05) is 13.2 Å². The molecule has 3 heterocycles. The third-order valence-electron chi connectivity index (χ3n) is 7.77. The van der Waals surface area contributed by atoms with Gasteiger partial charge in [-0.25, -0.2) is 4.98 Å². The zero-order valence-electron chi connectivity index (χ0n) is 20.5. The highest BCUT2D eigenvalue weighted by Crippen LogP contribution is 2.50. The Morgan fingerprint density at radius 3 is 2.64 bits per heavy atom. The van der Waals surface area contributed by atoms with Gasteiger partial charge in [0.1, 0.15) is 5.82 Å². The van der Waals surface area contributed by atoms with Crippen molar-refractivity contribution in [1.82, 2.24) is 14.9 Å². The molecule has 176 valence electrons. The monoisotopic (exact) mass is 461 g/mol. The summed E-state index contributed by atoms with van der Waals surface area (Å²) in [5, 5.41) is 0. The standard InChI is InChI=1S/C28H39N3OSi/c1-33(2,3)19-18-32-21-26(27-29-24-13-7-8-14-25(24)30-27)31-23-12-9-16-28(31,17-15-23)20-22-10-5-4-6-11-22/h4-8,10-11,13-14,23,26H,9,12,15-21H2,1-3H3,(H,29,30). The molecule has 0 amide bonds. The van der Waals surface area contributed by atoms with Gasteiger partial charge in [0.2, 0.25) is 0 Å². The fourth-order valence-electron chi connectivity index (χ4n) is 6.12. The lowest BCUT2D eigenvalue weighted by Gasteiger charge is -2.48. The minimum absolute atomic E-state index is 0.176. The van der Waals surface area contributed by atoms with E-state index in [0.29, 0.717) is 6.04 Å². The Balaban J connectivity index is 1.47. The minimum Gasteiger partial charge on any atom is -0.380 e. The largest absolute Gasteiger partial charge is 0.380 e. The first-order valence-electron chi connectivity index (χ1n) is 12.8. The van der Waals surface area contributed by atoms with E-state index in [1.165, 1.54) is 43.7 Å². The van der Waals surface area contributed by atoms with Crippen molar-refractivity contribution in [3.63, 3.8) is 0 Å². The quantitative estimate of drug-likeness (QED) is 0.289. The topological polar surface area (TPSA) is 41.1 Å². The first kappa shape index (κ1) is 22.8. The maximum Gasteiger partial charge on any atom is 0.127 e. The molecule has 2 fully saturated rings. The van der Waals surface area contributed by atoms with E-state index in [2.05, 4.69) is 84.1 Å². The lowest BCUT2D eigenvalue weighted by Crippen LogP contribution is -2.54. The molecular formula is C28H39N3OSi. The Morgan fingerprint density at radius 2 is 1.85 bits per heavy atom. The normalized spacial score (nSPS) is 24.4. The van der Waals surface area contributed by atoms with Crippen molar-refractivity contribution in [1.29, 1.82) is 0 Å². The molecule has 0 spiro atoms. The van der Waals surface area contributed by atoms with Crippen LogP contribution in [0.25, 0.3) is 11.0 Å². The number of aromatic nitrogens is 2. The van der Waals surface area contributed by atoms with Gasteiger partial charge in [-0.1, -0.05) is 68.5 Å². The van der Waals surface area contributed by atoms with E-state index in [1.807, 2.05) is 0 Å². The van der Waals surface area contributed by atoms with Crippen molar-refractivity contribution >= 4 is 19.1 Å². The molecule has 2 bridgehead atoms. The van der Waals surface area contributed by atoms with Gasteiger partial charge in [-0.05, 0) is 55.8 Å². The van der Waals surface area contributed by atoms with Gasteiger partial charge in [-0.3, -0.25) is 4.90 Å². The van der Waals surface area contributed by atoms with Crippen molar-refractivity contribution in [3.8, 4) is 0 Å². The number of fused-ring (bicyclic) bond motifs is 3. The summed E-state index contributed by atoms with van der Waals surface area (Å²) in [6.07, 6.45) is 7.58. The third kappa shape index (κ3) is 4.96. The molecule has 0 aliphatic carbocycles. The summed E-state index contributed by atoms with van der Waals surface area (Å²) >= 11 is 0. The van der Waals surface area contributed by atoms with Crippen LogP contribution in [0.1, 0.15) is 49.5 Å². The van der Waals surface area contributed by atoms with Crippen LogP contribution in [0.4, 0.5) is 0 Å². The van der Waals surface area contributed by atoms with Crippen LogP contribution in [-0.4, -0.2) is 47.7 Å². The molecule has 2 aliphatic rings. The second-order valence-electron chi connectivity index (χ2n) is 11.4. The second kappa shape index (κ2) is 9.36. The first-order chi connectivity index (χ1) is 15.9. The SMILES string of the molecule is C[Si](C)(C)CCOCC(c1nc2ccccc2[nH]1)N1C2CCCC1(Cc1ccccc1)CC2. The predicted octanol–water partition coefficient (Wildman–Crippen LogP) is 6.59. The Kier molecular flexibility index (Phi) is 6.47. The molecule has 3 aromatic rings. The summed E-state index contributed by atoms with van der Waals surface area (Å²) in [4.78, 5) is 11.6. The predicted molar refractivity (Wildman–Crippen MR) is 139 cm³/mol. The molecule has 2 aliphatic heterocycles. The van der Waals surface area contributed by atoms with Crippen LogP contribution in [0.2, 0.25) is 25.7 Å². The fraction of sp³-hybridized carbons (Fsp3) is 0.536. The Bertz CT molecular complexity index is 1020. The molecule has 0 radical (unpaired) electrons. The van der Waals surface area contributed by atoms with Crippen LogP contribution in [-0.2, 0) is 11.2 Å². The van der Waals surface area contributed by atoms with Crippen LogP contribution in [0.3, 0.4) is 0 Å². The van der Waals surface area contributed by atoms with Crippen LogP contribution in [0.5, 0.6) is 0 Å². The highest BCUT2D eigenvalue weighted by atomic mass is 28.3. The molecule has 4 nitrogen and oxygen atoms in total. The van der Waals surface area contributed by atoms with Gasteiger partial charge >= 0.3 is 0 Å². The number of hydrogen-bond donors (Lipinski definition) is 1. The Morgan fingerprint density at radius 1 is 1.06 bits per heavy atom. The zero-order valence-corrected chi connectivity index (χ0v) is 21.5. The van der Waals surface area contributed by atoms with E-state index in [4.69, 9.17) is 9.72 Å². The van der Waals surface area contributed by atoms with E-state index in [-0.39, 0.29) is 11.6 Å². The van der Waals surface area contributed by atoms with Gasteiger partial charge in [0, 0.05) is 26.3 Å². The maximum atomic E-state index is 6.43. The van der Waals surface area contributed by atoms with Crippen molar-refractivity contribution in [2.24, 2.45) is 0 Å². The number of nitrogens with zero attached hydrogens (tertiary/aromatic N) is 2. The van der Waals surface area contributed by atoms with E-state index >= 15 is 0 Å². The molecule has 2 saturated heterocycles. The molecule has 2 aromatic carbocycles. The molecule has 33 heavy (non-hydrogen) atoms. The van der Waals surface area contributed by atoms with Gasteiger partial charge in [0.05, 0.1) is 23.7 Å². The number of imidazole rings is 1. The summed E-state index contributed by atoms with van der Waals surface area (Å²) in [5.41, 5.74) is 3.84. The second-order valence-corrected chi connectivity index (χ2v) is 17.0. The fourth-order valence-corrected chi connectivity index (χ4v) is 6.88. The van der Waals surface area contributed by atoms with Crippen LogP contribution in [0.15, 0.2) is 54.6 Å². The van der Waals surface area contributed by atoms with Crippen molar-refractivity contribution in [2.45, 2.75) is 81.8 Å². The number of rotatable bonds is 9. The van der Waals surface area contributed by atoms with Gasteiger partial charge in [-0.2, -0.15) is 0 Å². The molecule has 5 heteroatoms. The smallest absolute Gasteiger partial charge is 0.127 e. The van der Waals surface area contributed by atoms with Gasteiger partial charge in [0.25, 0.3) is 0 Å². The number of aromatic amines is 1. The average Bonchev–Trinajstić information content (AvgIpc) is 3.30. The lowest BCUT2D eigenvalue weighted by molar-refractivity contribution is -0.0301. The number of ether oxygens (including phenoxy) is 1. The first-order valence-corrected chi connectivity index (χ1v) is 16.5. The maximum absolute atomic E-state index is 6.43. The molecule has 3 unspecified atom stereocenters. The van der Waals surface area contributed by atoms with Crippen molar-refractivity contribution in [3.05, 3.63) is 66.0 Å². The van der Waals surface area contributed by atoms with Crippen molar-refractivity contribution < 1.29 is 4.74 Å². The number of nitrogens with one attached hydrogen (secondary N) is 1. The van der Waals surface area contributed by atoms with Crippen LogP contribution >= 0.6 is 0 Å².